The molecule has 0 aliphatic rings. The summed E-state index contributed by atoms with van der Waals surface area (Å²) in [4.78, 5) is 4.77. The van der Waals surface area contributed by atoms with E-state index >= 15 is 0 Å². The number of nitrogens with zero attached hydrogens (tertiary/aromatic N) is 6. The number of rotatable bonds is 5. The normalized spacial score (nSPS) is 12.3. The van der Waals surface area contributed by atoms with Gasteiger partial charge >= 0.3 is 0 Å². The molecule has 1 N–H and O–H groups in total. The second-order valence-corrected chi connectivity index (χ2v) is 6.73. The summed E-state index contributed by atoms with van der Waals surface area (Å²) in [6.45, 7) is 9.34. The molecular formula is C21H22N6O. The molecule has 0 bridgehead atoms. The Hall–Kier alpha value is -3.50. The van der Waals surface area contributed by atoms with Crippen molar-refractivity contribution < 1.29 is 5.11 Å². The third-order valence-electron chi connectivity index (χ3n) is 4.34. The van der Waals surface area contributed by atoms with Crippen LogP contribution in [0.3, 0.4) is 0 Å². The number of aryl methyl sites for hydroxylation is 2. The van der Waals surface area contributed by atoms with Crippen LogP contribution in [0.4, 0.5) is 0 Å². The Morgan fingerprint density at radius 1 is 1.39 bits per heavy atom. The van der Waals surface area contributed by atoms with Gasteiger partial charge in [-0.3, -0.25) is 4.68 Å². The number of aliphatic hydroxyl groups excluding tert-OH is 1. The first kappa shape index (κ1) is 19.3. The number of hydrogen-bond donors (Lipinski definition) is 1. The molecule has 0 aliphatic carbocycles. The second-order valence-electron chi connectivity index (χ2n) is 6.73. The highest BCUT2D eigenvalue weighted by Gasteiger charge is 2.18. The number of aromatic nitrogens is 5. The third kappa shape index (κ3) is 3.63. The minimum Gasteiger partial charge on any atom is -0.389 e. The first-order chi connectivity index (χ1) is 13.3. The molecule has 0 fully saturated rings. The molecule has 3 heterocycles. The number of allylic oxidation sites excluding steroid dienone is 2. The van der Waals surface area contributed by atoms with Crippen LogP contribution in [0.5, 0.6) is 0 Å². The molecule has 0 aliphatic heterocycles. The third-order valence-corrected chi connectivity index (χ3v) is 4.34. The van der Waals surface area contributed by atoms with Crippen molar-refractivity contribution in [3.63, 3.8) is 0 Å². The van der Waals surface area contributed by atoms with Crippen LogP contribution in [0.15, 0.2) is 42.6 Å². The molecule has 0 amide bonds. The fraction of sp³-hybridized carbons (Fsp3) is 0.238. The van der Waals surface area contributed by atoms with E-state index in [1.54, 1.807) is 28.6 Å². The average molecular weight is 374 g/mol. The Balaban J connectivity index is 2.20. The molecule has 0 saturated heterocycles. The van der Waals surface area contributed by atoms with Crippen molar-refractivity contribution in [1.29, 1.82) is 5.26 Å². The van der Waals surface area contributed by atoms with Gasteiger partial charge in [-0.25, -0.2) is 9.67 Å². The van der Waals surface area contributed by atoms with Crippen LogP contribution >= 0.6 is 0 Å². The topological polar surface area (TPSA) is 92.5 Å². The Bertz CT molecular complexity index is 1110. The first-order valence-electron chi connectivity index (χ1n) is 8.84. The summed E-state index contributed by atoms with van der Waals surface area (Å²) in [6, 6.07) is 7.41. The predicted octanol–water partition coefficient (Wildman–Crippen LogP) is 3.49. The SMILES string of the molecule is C=C(C)/C=C\c1c(-c2ccc(C(C)O)c(-n3nc(C#N)cc3C)n2)cnn1C. The molecule has 0 radical (unpaired) electrons. The molecular weight excluding hydrogens is 352 g/mol. The highest BCUT2D eigenvalue weighted by molar-refractivity contribution is 5.72. The van der Waals surface area contributed by atoms with Crippen LogP contribution in [0.1, 0.15) is 42.6 Å². The van der Waals surface area contributed by atoms with Gasteiger partial charge in [-0.05, 0) is 39.0 Å². The molecule has 1 atom stereocenters. The molecule has 7 heteroatoms. The van der Waals surface area contributed by atoms with Crippen LogP contribution in [-0.4, -0.2) is 29.7 Å². The standard InChI is InChI=1S/C21H22N6O/c1-13(2)6-9-20-18(12-23-26(20)5)19-8-7-17(15(4)28)21(24-19)27-14(3)10-16(11-22)25-27/h6-10,12,15,28H,1H2,2-5H3/b9-6-. The fourth-order valence-electron chi connectivity index (χ4n) is 2.91. The van der Waals surface area contributed by atoms with Crippen molar-refractivity contribution >= 4 is 6.08 Å². The van der Waals surface area contributed by atoms with E-state index in [0.717, 1.165) is 22.5 Å². The predicted molar refractivity (Wildman–Crippen MR) is 107 cm³/mol. The number of nitriles is 1. The van der Waals surface area contributed by atoms with E-state index in [9.17, 15) is 5.11 Å². The molecule has 3 aromatic heterocycles. The average Bonchev–Trinajstić information content (AvgIpc) is 3.21. The lowest BCUT2D eigenvalue weighted by atomic mass is 10.1. The zero-order chi connectivity index (χ0) is 20.4. The molecule has 0 aromatic carbocycles. The summed E-state index contributed by atoms with van der Waals surface area (Å²) in [6.07, 6.45) is 4.88. The molecule has 1 unspecified atom stereocenters. The van der Waals surface area contributed by atoms with E-state index in [1.165, 1.54) is 0 Å². The van der Waals surface area contributed by atoms with Gasteiger partial charge in [0.15, 0.2) is 11.5 Å². The number of pyridine rings is 1. The van der Waals surface area contributed by atoms with Gasteiger partial charge in [0.1, 0.15) is 6.07 Å². The Labute approximate surface area is 163 Å². The molecule has 0 spiro atoms. The maximum absolute atomic E-state index is 10.2. The lowest BCUT2D eigenvalue weighted by Crippen LogP contribution is -2.09. The molecule has 0 saturated carbocycles. The zero-order valence-corrected chi connectivity index (χ0v) is 16.4. The Morgan fingerprint density at radius 3 is 2.75 bits per heavy atom. The molecule has 142 valence electrons. The van der Waals surface area contributed by atoms with Crippen LogP contribution in [0.25, 0.3) is 23.2 Å². The molecule has 28 heavy (non-hydrogen) atoms. The molecule has 7 nitrogen and oxygen atoms in total. The van der Waals surface area contributed by atoms with E-state index in [-0.39, 0.29) is 0 Å². The van der Waals surface area contributed by atoms with Crippen LogP contribution in [0.2, 0.25) is 0 Å². The van der Waals surface area contributed by atoms with Crippen LogP contribution in [-0.2, 0) is 7.05 Å². The van der Waals surface area contributed by atoms with Crippen molar-refractivity contribution in [3.05, 3.63) is 65.3 Å². The minimum absolute atomic E-state index is 0.299. The summed E-state index contributed by atoms with van der Waals surface area (Å²) < 4.78 is 3.36. The van der Waals surface area contributed by atoms with Gasteiger partial charge in [0.05, 0.1) is 23.7 Å². The maximum atomic E-state index is 10.2. The van der Waals surface area contributed by atoms with Gasteiger partial charge in [-0.2, -0.15) is 15.5 Å². The van der Waals surface area contributed by atoms with E-state index in [2.05, 4.69) is 16.8 Å². The van der Waals surface area contributed by atoms with E-state index in [1.807, 2.05) is 51.2 Å². The van der Waals surface area contributed by atoms with E-state index in [0.29, 0.717) is 22.8 Å². The molecule has 3 aromatic rings. The summed E-state index contributed by atoms with van der Waals surface area (Å²) in [7, 11) is 1.86. The smallest absolute Gasteiger partial charge is 0.163 e. The first-order valence-corrected chi connectivity index (χ1v) is 8.84. The van der Waals surface area contributed by atoms with Crippen molar-refractivity contribution in [2.24, 2.45) is 7.05 Å². The van der Waals surface area contributed by atoms with Crippen molar-refractivity contribution in [3.8, 4) is 23.1 Å². The quantitative estimate of drug-likeness (QED) is 0.690. The largest absolute Gasteiger partial charge is 0.389 e. The van der Waals surface area contributed by atoms with E-state index < -0.39 is 6.10 Å². The van der Waals surface area contributed by atoms with Crippen LogP contribution in [0, 0.1) is 18.3 Å². The van der Waals surface area contributed by atoms with Gasteiger partial charge in [-0.1, -0.05) is 24.3 Å². The van der Waals surface area contributed by atoms with Gasteiger partial charge in [0.2, 0.25) is 0 Å². The number of aliphatic hydroxyl groups is 1. The lowest BCUT2D eigenvalue weighted by Gasteiger charge is -2.14. The number of hydrogen-bond acceptors (Lipinski definition) is 5. The summed E-state index contributed by atoms with van der Waals surface area (Å²) in [5.74, 6) is 0.491. The van der Waals surface area contributed by atoms with Gasteiger partial charge in [0.25, 0.3) is 0 Å². The van der Waals surface area contributed by atoms with E-state index in [4.69, 9.17) is 10.2 Å². The molecule has 3 rings (SSSR count). The summed E-state index contributed by atoms with van der Waals surface area (Å²) >= 11 is 0. The van der Waals surface area contributed by atoms with Crippen molar-refractivity contribution in [1.82, 2.24) is 24.5 Å². The maximum Gasteiger partial charge on any atom is 0.163 e. The summed E-state index contributed by atoms with van der Waals surface area (Å²) in [5, 5.41) is 28.0. The lowest BCUT2D eigenvalue weighted by molar-refractivity contribution is 0.198. The van der Waals surface area contributed by atoms with Gasteiger partial charge in [0, 0.05) is 23.9 Å². The zero-order valence-electron chi connectivity index (χ0n) is 16.4. The Kier molecular flexibility index (Phi) is 5.25. The monoisotopic (exact) mass is 374 g/mol. The van der Waals surface area contributed by atoms with Gasteiger partial charge < -0.3 is 5.11 Å². The Morgan fingerprint density at radius 2 is 2.14 bits per heavy atom. The fourth-order valence-corrected chi connectivity index (χ4v) is 2.91. The second kappa shape index (κ2) is 7.62. The van der Waals surface area contributed by atoms with Gasteiger partial charge in [-0.15, -0.1) is 0 Å². The minimum atomic E-state index is -0.734. The van der Waals surface area contributed by atoms with Crippen molar-refractivity contribution in [2.75, 3.05) is 0 Å². The van der Waals surface area contributed by atoms with Crippen LogP contribution < -0.4 is 0 Å². The van der Waals surface area contributed by atoms with Crippen molar-refractivity contribution in [2.45, 2.75) is 26.9 Å². The highest BCUT2D eigenvalue weighted by Crippen LogP contribution is 2.28. The summed E-state index contributed by atoms with van der Waals surface area (Å²) in [5.41, 5.74) is 5.06. The highest BCUT2D eigenvalue weighted by atomic mass is 16.3.